The van der Waals surface area contributed by atoms with Crippen molar-refractivity contribution >= 4 is 5.91 Å². The highest BCUT2D eigenvalue weighted by atomic mass is 19.4. The highest BCUT2D eigenvalue weighted by Crippen LogP contribution is 2.28. The van der Waals surface area contributed by atoms with Crippen LogP contribution in [0, 0.1) is 11.6 Å². The summed E-state index contributed by atoms with van der Waals surface area (Å²) in [5.74, 6) is -1.59. The maximum atomic E-state index is 13.9. The van der Waals surface area contributed by atoms with Gasteiger partial charge in [0.05, 0.1) is 17.1 Å². The largest absolute Gasteiger partial charge is 0.573 e. The van der Waals surface area contributed by atoms with E-state index in [0.717, 1.165) is 12.1 Å². The monoisotopic (exact) mass is 501 g/mol. The molecule has 0 fully saturated rings. The van der Waals surface area contributed by atoms with Crippen LogP contribution in [-0.2, 0) is 17.8 Å². The van der Waals surface area contributed by atoms with Gasteiger partial charge in [-0.25, -0.2) is 13.5 Å². The number of ether oxygens (including phenoxy) is 1. The molecule has 0 bridgehead atoms. The number of carbonyl (C=O) groups excluding carboxylic acids is 1. The van der Waals surface area contributed by atoms with Gasteiger partial charge < -0.3 is 10.1 Å². The van der Waals surface area contributed by atoms with E-state index in [1.165, 1.54) is 41.1 Å². The van der Waals surface area contributed by atoms with E-state index < -0.39 is 23.7 Å². The standard InChI is InChI=1S/C26H20F5N3O2/c27-19-6-3-5-17(14-19)24-15-20(8-13-25(35)32-16-18-4-1-2-7-23(18)28)33-34(24)21-9-11-22(12-10-21)36-26(29,30)31/h1-7,9-12,14-15H,8,13,16H2,(H,32,35). The fourth-order valence-corrected chi connectivity index (χ4v) is 3.56. The fraction of sp³-hybridized carbons (Fsp3) is 0.154. The van der Waals surface area contributed by atoms with Crippen LogP contribution in [0.1, 0.15) is 17.7 Å². The molecule has 10 heteroatoms. The molecule has 4 rings (SSSR count). The molecule has 0 aliphatic rings. The molecule has 1 heterocycles. The molecule has 36 heavy (non-hydrogen) atoms. The number of hydrogen-bond donors (Lipinski definition) is 1. The van der Waals surface area contributed by atoms with Crippen LogP contribution in [0.25, 0.3) is 16.9 Å². The number of benzene rings is 3. The van der Waals surface area contributed by atoms with E-state index in [0.29, 0.717) is 28.2 Å². The summed E-state index contributed by atoms with van der Waals surface area (Å²) >= 11 is 0. The molecular weight excluding hydrogens is 481 g/mol. The lowest BCUT2D eigenvalue weighted by Crippen LogP contribution is -2.23. The maximum absolute atomic E-state index is 13.9. The van der Waals surface area contributed by atoms with Crippen molar-refractivity contribution in [3.63, 3.8) is 0 Å². The average molecular weight is 501 g/mol. The number of hydrogen-bond acceptors (Lipinski definition) is 3. The number of rotatable bonds is 8. The number of carbonyl (C=O) groups is 1. The summed E-state index contributed by atoms with van der Waals surface area (Å²) < 4.78 is 70.4. The summed E-state index contributed by atoms with van der Waals surface area (Å²) in [5.41, 5.74) is 2.26. The predicted molar refractivity (Wildman–Crippen MR) is 122 cm³/mol. The van der Waals surface area contributed by atoms with Crippen molar-refractivity contribution in [3.05, 3.63) is 102 Å². The van der Waals surface area contributed by atoms with Crippen molar-refractivity contribution in [2.75, 3.05) is 0 Å². The van der Waals surface area contributed by atoms with Crippen molar-refractivity contribution in [1.82, 2.24) is 15.1 Å². The second-order valence-electron chi connectivity index (χ2n) is 7.85. The molecule has 0 aliphatic heterocycles. The van der Waals surface area contributed by atoms with Gasteiger partial charge in [-0.05, 0) is 48.5 Å². The van der Waals surface area contributed by atoms with Crippen molar-refractivity contribution in [2.45, 2.75) is 25.7 Å². The SMILES string of the molecule is O=C(CCc1cc(-c2cccc(F)c2)n(-c2ccc(OC(F)(F)F)cc2)n1)NCc1ccccc1F. The molecule has 1 N–H and O–H groups in total. The van der Waals surface area contributed by atoms with Crippen LogP contribution in [-0.4, -0.2) is 22.1 Å². The van der Waals surface area contributed by atoms with E-state index in [1.807, 2.05) is 0 Å². The Labute approximate surface area is 203 Å². The molecule has 0 radical (unpaired) electrons. The number of nitrogens with one attached hydrogen (secondary N) is 1. The lowest BCUT2D eigenvalue weighted by Gasteiger charge is -2.11. The van der Waals surface area contributed by atoms with Crippen LogP contribution in [0.4, 0.5) is 22.0 Å². The second-order valence-corrected chi connectivity index (χ2v) is 7.85. The van der Waals surface area contributed by atoms with Gasteiger partial charge in [0.1, 0.15) is 17.4 Å². The Balaban J connectivity index is 1.52. The molecule has 0 spiro atoms. The van der Waals surface area contributed by atoms with Crippen LogP contribution in [0.2, 0.25) is 0 Å². The lowest BCUT2D eigenvalue weighted by molar-refractivity contribution is -0.274. The van der Waals surface area contributed by atoms with E-state index in [9.17, 15) is 26.7 Å². The molecule has 5 nitrogen and oxygen atoms in total. The first-order chi connectivity index (χ1) is 17.2. The van der Waals surface area contributed by atoms with Gasteiger partial charge in [0.15, 0.2) is 0 Å². The fourth-order valence-electron chi connectivity index (χ4n) is 3.56. The summed E-state index contributed by atoms with van der Waals surface area (Å²) in [6.07, 6.45) is -4.53. The Morgan fingerprint density at radius 3 is 2.39 bits per heavy atom. The Morgan fingerprint density at radius 1 is 0.944 bits per heavy atom. The zero-order chi connectivity index (χ0) is 25.7. The Hall–Kier alpha value is -4.21. The summed E-state index contributed by atoms with van der Waals surface area (Å²) in [6, 6.07) is 18.7. The summed E-state index contributed by atoms with van der Waals surface area (Å²) in [4.78, 5) is 12.3. The van der Waals surface area contributed by atoms with Gasteiger partial charge in [-0.15, -0.1) is 13.2 Å². The Morgan fingerprint density at radius 2 is 1.69 bits per heavy atom. The van der Waals surface area contributed by atoms with Gasteiger partial charge in [-0.2, -0.15) is 5.10 Å². The predicted octanol–water partition coefficient (Wildman–Crippen LogP) is 5.97. The first-order valence-electron chi connectivity index (χ1n) is 10.9. The zero-order valence-corrected chi connectivity index (χ0v) is 18.7. The highest BCUT2D eigenvalue weighted by Gasteiger charge is 2.31. The first-order valence-corrected chi connectivity index (χ1v) is 10.9. The number of halogens is 5. The number of amides is 1. The van der Waals surface area contributed by atoms with E-state index in [-0.39, 0.29) is 25.3 Å². The van der Waals surface area contributed by atoms with Gasteiger partial charge in [-0.3, -0.25) is 4.79 Å². The Kier molecular flexibility index (Phi) is 7.33. The quantitative estimate of drug-likeness (QED) is 0.303. The number of alkyl halides is 3. The summed E-state index contributed by atoms with van der Waals surface area (Å²) in [5, 5.41) is 7.14. The second kappa shape index (κ2) is 10.6. The molecule has 0 atom stereocenters. The highest BCUT2D eigenvalue weighted by molar-refractivity contribution is 5.76. The van der Waals surface area contributed by atoms with Crippen molar-refractivity contribution in [1.29, 1.82) is 0 Å². The molecule has 4 aromatic rings. The van der Waals surface area contributed by atoms with Gasteiger partial charge in [0, 0.05) is 30.5 Å². The molecule has 0 saturated carbocycles. The van der Waals surface area contributed by atoms with Gasteiger partial charge in [0.25, 0.3) is 0 Å². The molecule has 186 valence electrons. The number of aromatic nitrogens is 2. The van der Waals surface area contributed by atoms with Crippen molar-refractivity contribution in [3.8, 4) is 22.7 Å². The minimum atomic E-state index is -4.82. The number of aryl methyl sites for hydroxylation is 1. The van der Waals surface area contributed by atoms with Crippen LogP contribution in [0.3, 0.4) is 0 Å². The van der Waals surface area contributed by atoms with Gasteiger partial charge in [-0.1, -0.05) is 30.3 Å². The van der Waals surface area contributed by atoms with E-state index in [1.54, 1.807) is 30.3 Å². The normalized spacial score (nSPS) is 11.4. The summed E-state index contributed by atoms with van der Waals surface area (Å²) in [6.45, 7) is 0.0425. The molecule has 1 amide bonds. The molecule has 3 aromatic carbocycles. The van der Waals surface area contributed by atoms with E-state index in [2.05, 4.69) is 15.2 Å². The van der Waals surface area contributed by atoms with Crippen molar-refractivity contribution in [2.24, 2.45) is 0 Å². The van der Waals surface area contributed by atoms with Crippen LogP contribution in [0.5, 0.6) is 5.75 Å². The minimum Gasteiger partial charge on any atom is -0.406 e. The molecule has 0 saturated heterocycles. The minimum absolute atomic E-state index is 0.0425. The van der Waals surface area contributed by atoms with Gasteiger partial charge in [0.2, 0.25) is 5.91 Å². The maximum Gasteiger partial charge on any atom is 0.573 e. The molecular formula is C26H20F5N3O2. The molecule has 1 aromatic heterocycles. The smallest absolute Gasteiger partial charge is 0.406 e. The third-order valence-corrected chi connectivity index (χ3v) is 5.24. The zero-order valence-electron chi connectivity index (χ0n) is 18.7. The number of nitrogens with zero attached hydrogens (tertiary/aromatic N) is 2. The third-order valence-electron chi connectivity index (χ3n) is 5.24. The van der Waals surface area contributed by atoms with Crippen LogP contribution >= 0.6 is 0 Å². The van der Waals surface area contributed by atoms with Crippen LogP contribution < -0.4 is 10.1 Å². The topological polar surface area (TPSA) is 56.2 Å². The molecule has 0 unspecified atom stereocenters. The first kappa shape index (κ1) is 24.9. The molecule has 0 aliphatic carbocycles. The van der Waals surface area contributed by atoms with E-state index >= 15 is 0 Å². The average Bonchev–Trinajstić information content (AvgIpc) is 3.26. The lowest BCUT2D eigenvalue weighted by atomic mass is 10.1. The van der Waals surface area contributed by atoms with E-state index in [4.69, 9.17) is 0 Å². The Bertz CT molecular complexity index is 1350. The third kappa shape index (κ3) is 6.47. The summed E-state index contributed by atoms with van der Waals surface area (Å²) in [7, 11) is 0. The van der Waals surface area contributed by atoms with Crippen LogP contribution in [0.15, 0.2) is 78.9 Å². The van der Waals surface area contributed by atoms with Crippen molar-refractivity contribution < 1.29 is 31.5 Å². The van der Waals surface area contributed by atoms with Gasteiger partial charge >= 0.3 is 6.36 Å².